The van der Waals surface area contributed by atoms with Crippen molar-refractivity contribution in [3.8, 4) is 5.75 Å². The molecule has 0 aliphatic heterocycles. The quantitative estimate of drug-likeness (QED) is 0.874. The summed E-state index contributed by atoms with van der Waals surface area (Å²) >= 11 is 0. The molecule has 2 unspecified atom stereocenters. The Balaban J connectivity index is 2.87. The van der Waals surface area contributed by atoms with Crippen LogP contribution in [0.25, 0.3) is 0 Å². The number of alkyl halides is 3. The number of ether oxygens (including phenoxy) is 1. The van der Waals surface area contributed by atoms with E-state index in [1.165, 1.54) is 18.2 Å². The van der Waals surface area contributed by atoms with Crippen molar-refractivity contribution in [2.24, 2.45) is 5.14 Å². The molecule has 0 heterocycles. The first-order valence-electron chi connectivity index (χ1n) is 6.23. The number of rotatable bonds is 6. The minimum Gasteiger partial charge on any atom is -0.406 e. The maximum absolute atomic E-state index is 12.2. The molecule has 0 spiro atoms. The average molecular weight is 309 g/mol. The summed E-state index contributed by atoms with van der Waals surface area (Å²) in [5.74, 6) is -0.246. The van der Waals surface area contributed by atoms with E-state index in [0.29, 0.717) is 6.42 Å². The molecular weight excluding hydrogens is 291 g/mol. The van der Waals surface area contributed by atoms with Gasteiger partial charge in [0.2, 0.25) is 0 Å². The van der Waals surface area contributed by atoms with E-state index in [1.54, 1.807) is 13.0 Å². The van der Waals surface area contributed by atoms with Gasteiger partial charge in [-0.05, 0) is 43.4 Å². The highest BCUT2D eigenvalue weighted by molar-refractivity contribution is 7.83. The highest BCUT2D eigenvalue weighted by Crippen LogP contribution is 2.30. The van der Waals surface area contributed by atoms with E-state index < -0.39 is 17.3 Å². The van der Waals surface area contributed by atoms with Gasteiger partial charge in [0, 0.05) is 5.25 Å². The van der Waals surface area contributed by atoms with Gasteiger partial charge in [0.1, 0.15) is 5.75 Å². The first-order valence-corrected chi connectivity index (χ1v) is 7.51. The van der Waals surface area contributed by atoms with E-state index in [2.05, 4.69) is 4.74 Å². The third kappa shape index (κ3) is 5.50. The molecule has 7 heteroatoms. The van der Waals surface area contributed by atoms with Crippen molar-refractivity contribution in [3.05, 3.63) is 29.8 Å². The zero-order chi connectivity index (χ0) is 15.3. The predicted octanol–water partition coefficient (Wildman–Crippen LogP) is 3.48. The van der Waals surface area contributed by atoms with Crippen LogP contribution in [0.4, 0.5) is 13.2 Å². The second-order valence-corrected chi connectivity index (χ2v) is 6.06. The third-order valence-electron chi connectivity index (χ3n) is 3.07. The normalized spacial score (nSPS) is 16.5. The fourth-order valence-electron chi connectivity index (χ4n) is 2.00. The molecule has 0 aromatic heterocycles. The molecule has 0 aliphatic carbocycles. The Bertz CT molecular complexity index is 465. The lowest BCUT2D eigenvalue weighted by Crippen LogP contribution is -2.21. The van der Waals surface area contributed by atoms with Crippen LogP contribution in [-0.2, 0) is 11.0 Å². The molecule has 0 amide bonds. The van der Waals surface area contributed by atoms with Crippen molar-refractivity contribution < 1.29 is 22.1 Å². The monoisotopic (exact) mass is 309 g/mol. The largest absolute Gasteiger partial charge is 0.573 e. The minimum atomic E-state index is -4.70. The molecule has 20 heavy (non-hydrogen) atoms. The van der Waals surface area contributed by atoms with Gasteiger partial charge in [0.15, 0.2) is 0 Å². The number of benzene rings is 1. The van der Waals surface area contributed by atoms with E-state index in [0.717, 1.165) is 12.0 Å². The van der Waals surface area contributed by atoms with Crippen LogP contribution >= 0.6 is 0 Å². The first-order chi connectivity index (χ1) is 9.23. The molecule has 114 valence electrons. The fraction of sp³-hybridized carbons (Fsp3) is 0.538. The Hall–Kier alpha value is -1.08. The van der Waals surface area contributed by atoms with Crippen LogP contribution < -0.4 is 9.88 Å². The maximum atomic E-state index is 12.2. The Morgan fingerprint density at radius 2 is 2.05 bits per heavy atom. The van der Waals surface area contributed by atoms with Crippen LogP contribution in [0.2, 0.25) is 0 Å². The molecule has 0 bridgehead atoms. The van der Waals surface area contributed by atoms with E-state index in [-0.39, 0.29) is 16.9 Å². The molecule has 0 radical (unpaired) electrons. The van der Waals surface area contributed by atoms with Gasteiger partial charge < -0.3 is 4.74 Å². The van der Waals surface area contributed by atoms with Gasteiger partial charge in [-0.2, -0.15) is 0 Å². The van der Waals surface area contributed by atoms with E-state index in [1.807, 2.05) is 6.92 Å². The van der Waals surface area contributed by atoms with E-state index in [9.17, 15) is 17.4 Å². The molecule has 3 atom stereocenters. The summed E-state index contributed by atoms with van der Waals surface area (Å²) in [5, 5.41) is 5.11. The van der Waals surface area contributed by atoms with E-state index >= 15 is 0 Å². The summed E-state index contributed by atoms with van der Waals surface area (Å²) in [6.45, 7) is 3.68. The van der Waals surface area contributed by atoms with Gasteiger partial charge in [-0.15, -0.1) is 13.2 Å². The van der Waals surface area contributed by atoms with Crippen molar-refractivity contribution in [2.45, 2.75) is 44.2 Å². The molecule has 0 aliphatic rings. The van der Waals surface area contributed by atoms with Crippen LogP contribution in [0.5, 0.6) is 5.75 Å². The lowest BCUT2D eigenvalue weighted by atomic mass is 9.92. The highest BCUT2D eigenvalue weighted by atomic mass is 32.2. The van der Waals surface area contributed by atoms with Gasteiger partial charge in [-0.25, -0.2) is 4.21 Å². The maximum Gasteiger partial charge on any atom is 0.573 e. The third-order valence-corrected chi connectivity index (χ3v) is 4.05. The molecular formula is C13H18F3NO2S. The van der Waals surface area contributed by atoms with Crippen molar-refractivity contribution in [2.75, 3.05) is 0 Å². The molecule has 1 rings (SSSR count). The summed E-state index contributed by atoms with van der Waals surface area (Å²) in [4.78, 5) is 0. The van der Waals surface area contributed by atoms with Crippen molar-refractivity contribution >= 4 is 11.0 Å². The lowest BCUT2D eigenvalue weighted by molar-refractivity contribution is -0.274. The highest BCUT2D eigenvalue weighted by Gasteiger charge is 2.31. The van der Waals surface area contributed by atoms with Gasteiger partial charge in [0.05, 0.1) is 11.0 Å². The zero-order valence-corrected chi connectivity index (χ0v) is 12.1. The van der Waals surface area contributed by atoms with Crippen LogP contribution in [0, 0.1) is 0 Å². The zero-order valence-electron chi connectivity index (χ0n) is 11.3. The number of halogens is 3. The van der Waals surface area contributed by atoms with E-state index in [4.69, 9.17) is 5.14 Å². The Morgan fingerprint density at radius 1 is 1.40 bits per heavy atom. The number of hydrogen-bond acceptors (Lipinski definition) is 2. The summed E-state index contributed by atoms with van der Waals surface area (Å²) in [7, 11) is -1.44. The number of hydrogen-bond donors (Lipinski definition) is 1. The van der Waals surface area contributed by atoms with Crippen molar-refractivity contribution in [1.82, 2.24) is 0 Å². The predicted molar refractivity (Wildman–Crippen MR) is 72.6 cm³/mol. The van der Waals surface area contributed by atoms with Gasteiger partial charge >= 0.3 is 6.36 Å². The molecule has 0 saturated carbocycles. The smallest absolute Gasteiger partial charge is 0.406 e. The number of nitrogens with two attached hydrogens (primary N) is 1. The fourth-order valence-corrected chi connectivity index (χ4v) is 2.42. The van der Waals surface area contributed by atoms with Crippen LogP contribution in [-0.4, -0.2) is 15.8 Å². The topological polar surface area (TPSA) is 52.3 Å². The Kier molecular flexibility index (Phi) is 6.01. The summed E-state index contributed by atoms with van der Waals surface area (Å²) in [6, 6.07) is 5.88. The average Bonchev–Trinajstić information content (AvgIpc) is 2.33. The van der Waals surface area contributed by atoms with Gasteiger partial charge in [-0.1, -0.05) is 19.1 Å². The second kappa shape index (κ2) is 7.08. The summed E-state index contributed by atoms with van der Waals surface area (Å²) in [5.41, 5.74) is 0.728. The first kappa shape index (κ1) is 17.0. The summed E-state index contributed by atoms with van der Waals surface area (Å²) < 4.78 is 51.7. The lowest BCUT2D eigenvalue weighted by Gasteiger charge is -2.19. The standard InChI is InChI=1S/C13H18F3NO2S/c1-3-10(7-9(2)20(17)18)11-5-4-6-12(8-11)19-13(14,15)16/h4-6,8-10H,3,7,17H2,1-2H3/t9?,10-,20?/m0/s1. The van der Waals surface area contributed by atoms with Crippen LogP contribution in [0.1, 0.15) is 38.2 Å². The molecule has 0 saturated heterocycles. The molecule has 0 fully saturated rings. The van der Waals surface area contributed by atoms with Gasteiger partial charge in [0.25, 0.3) is 0 Å². The minimum absolute atomic E-state index is 0.00529. The second-order valence-electron chi connectivity index (χ2n) is 4.60. The summed E-state index contributed by atoms with van der Waals surface area (Å²) in [6.07, 6.45) is -3.43. The van der Waals surface area contributed by atoms with Crippen molar-refractivity contribution in [1.29, 1.82) is 0 Å². The van der Waals surface area contributed by atoms with Crippen LogP contribution in [0.15, 0.2) is 24.3 Å². The molecule has 2 N–H and O–H groups in total. The molecule has 3 nitrogen and oxygen atoms in total. The Morgan fingerprint density at radius 3 is 2.55 bits per heavy atom. The van der Waals surface area contributed by atoms with Crippen molar-refractivity contribution in [3.63, 3.8) is 0 Å². The van der Waals surface area contributed by atoms with Crippen LogP contribution in [0.3, 0.4) is 0 Å². The SMILES string of the molecule is CC[C@@H](CC(C)S(N)=O)c1cccc(OC(F)(F)F)c1. The van der Waals surface area contributed by atoms with Gasteiger partial charge in [-0.3, -0.25) is 5.14 Å². The molecule has 1 aromatic carbocycles. The molecule has 1 aromatic rings. The Labute approximate surface area is 118 Å².